The summed E-state index contributed by atoms with van der Waals surface area (Å²) in [5.41, 5.74) is 1.27. The lowest BCUT2D eigenvalue weighted by atomic mass is 10.1. The van der Waals surface area contributed by atoms with Crippen molar-refractivity contribution in [2.75, 3.05) is 28.4 Å². The van der Waals surface area contributed by atoms with Crippen LogP contribution in [0.5, 0.6) is 23.0 Å². The Hall–Kier alpha value is -3.30. The van der Waals surface area contributed by atoms with E-state index in [4.69, 9.17) is 18.9 Å². The van der Waals surface area contributed by atoms with Crippen molar-refractivity contribution in [3.05, 3.63) is 77.6 Å². The van der Waals surface area contributed by atoms with Gasteiger partial charge in [-0.3, -0.25) is 0 Å². The number of nitrogens with zero attached hydrogens (tertiary/aromatic N) is 1. The van der Waals surface area contributed by atoms with Crippen molar-refractivity contribution in [2.24, 2.45) is 0 Å². The average Bonchev–Trinajstić information content (AvgIpc) is 2.84. The fourth-order valence-electron chi connectivity index (χ4n) is 3.33. The highest BCUT2D eigenvalue weighted by Gasteiger charge is 2.27. The first-order valence-corrected chi connectivity index (χ1v) is 11.4. The minimum atomic E-state index is -4.00. The molecule has 0 bridgehead atoms. The molecule has 3 aromatic rings. The summed E-state index contributed by atoms with van der Waals surface area (Å²) in [4.78, 5) is -0.0242. The quantitative estimate of drug-likeness (QED) is 0.437. The number of benzene rings is 3. The Morgan fingerprint density at radius 1 is 0.697 bits per heavy atom. The summed E-state index contributed by atoms with van der Waals surface area (Å²) < 4.78 is 63.3. The molecule has 9 heteroatoms. The number of sulfonamides is 1. The molecule has 3 rings (SSSR count). The molecule has 0 unspecified atom stereocenters. The first-order chi connectivity index (χ1) is 15.8. The Balaban J connectivity index is 2.06. The van der Waals surface area contributed by atoms with Gasteiger partial charge in [0, 0.05) is 36.3 Å². The maximum atomic E-state index is 13.6. The van der Waals surface area contributed by atoms with Gasteiger partial charge in [-0.2, -0.15) is 4.31 Å². The first kappa shape index (κ1) is 24.3. The summed E-state index contributed by atoms with van der Waals surface area (Å²) in [6.07, 6.45) is 0. The Kier molecular flexibility index (Phi) is 7.78. The third-order valence-corrected chi connectivity index (χ3v) is 6.94. The molecule has 0 saturated heterocycles. The van der Waals surface area contributed by atoms with Gasteiger partial charge in [0.05, 0.1) is 33.3 Å². The van der Waals surface area contributed by atoms with Crippen molar-refractivity contribution in [1.82, 2.24) is 4.31 Å². The van der Waals surface area contributed by atoms with Crippen LogP contribution in [-0.2, 0) is 23.1 Å². The molecule has 0 aliphatic carbocycles. The number of halogens is 1. The Labute approximate surface area is 193 Å². The Morgan fingerprint density at radius 3 is 1.55 bits per heavy atom. The van der Waals surface area contributed by atoms with Crippen molar-refractivity contribution in [3.63, 3.8) is 0 Å². The van der Waals surface area contributed by atoms with Crippen LogP contribution < -0.4 is 18.9 Å². The van der Waals surface area contributed by atoms with Crippen LogP contribution in [0.1, 0.15) is 11.1 Å². The molecule has 0 radical (unpaired) electrons. The Morgan fingerprint density at radius 2 is 1.15 bits per heavy atom. The van der Waals surface area contributed by atoms with Gasteiger partial charge in [0.25, 0.3) is 0 Å². The average molecular weight is 476 g/mol. The number of rotatable bonds is 10. The summed E-state index contributed by atoms with van der Waals surface area (Å²) in [6.45, 7) is 0.00409. The van der Waals surface area contributed by atoms with Gasteiger partial charge in [0.15, 0.2) is 0 Å². The topological polar surface area (TPSA) is 74.3 Å². The Bertz CT molecular complexity index is 1140. The molecule has 0 fully saturated rings. The standard InChI is InChI=1S/C24H26FNO6S/c1-29-20-9-5-17(23(13-20)31-3)15-26(33(27,28)22-11-7-19(25)8-12-22)16-18-6-10-21(30-2)14-24(18)32-4/h5-14H,15-16H2,1-4H3. The molecule has 0 amide bonds. The molecule has 0 aliphatic heterocycles. The van der Waals surface area contributed by atoms with Crippen molar-refractivity contribution in [2.45, 2.75) is 18.0 Å². The molecular weight excluding hydrogens is 449 g/mol. The lowest BCUT2D eigenvalue weighted by molar-refractivity contribution is 0.358. The van der Waals surface area contributed by atoms with E-state index >= 15 is 0 Å². The number of methoxy groups -OCH3 is 4. The second kappa shape index (κ2) is 10.5. The largest absolute Gasteiger partial charge is 0.497 e. The molecule has 0 aliphatic rings. The van der Waals surface area contributed by atoms with Crippen LogP contribution in [0.4, 0.5) is 4.39 Å². The predicted octanol–water partition coefficient (Wildman–Crippen LogP) is 4.25. The van der Waals surface area contributed by atoms with E-state index in [0.29, 0.717) is 34.1 Å². The van der Waals surface area contributed by atoms with Crippen molar-refractivity contribution >= 4 is 10.0 Å². The highest BCUT2D eigenvalue weighted by atomic mass is 32.2. The molecule has 33 heavy (non-hydrogen) atoms. The molecular formula is C24H26FNO6S. The molecule has 0 N–H and O–H groups in total. The van der Waals surface area contributed by atoms with E-state index in [1.165, 1.54) is 44.9 Å². The second-order valence-corrected chi connectivity index (χ2v) is 9.02. The second-order valence-electron chi connectivity index (χ2n) is 7.08. The van der Waals surface area contributed by atoms with Crippen molar-refractivity contribution < 1.29 is 31.8 Å². The van der Waals surface area contributed by atoms with Gasteiger partial charge in [-0.25, -0.2) is 12.8 Å². The summed E-state index contributed by atoms with van der Waals surface area (Å²) in [5, 5.41) is 0. The summed E-state index contributed by atoms with van der Waals surface area (Å²) in [7, 11) is 2.08. The van der Waals surface area contributed by atoms with E-state index in [2.05, 4.69) is 0 Å². The highest BCUT2D eigenvalue weighted by Crippen LogP contribution is 2.31. The first-order valence-electron chi connectivity index (χ1n) is 10.00. The van der Waals surface area contributed by atoms with Gasteiger partial charge in [0.1, 0.15) is 28.8 Å². The smallest absolute Gasteiger partial charge is 0.243 e. The van der Waals surface area contributed by atoms with Crippen LogP contribution >= 0.6 is 0 Å². The minimum Gasteiger partial charge on any atom is -0.497 e. The third-order valence-electron chi connectivity index (χ3n) is 5.13. The SMILES string of the molecule is COc1ccc(CN(Cc2ccc(OC)cc2OC)S(=O)(=O)c2ccc(F)cc2)c(OC)c1. The fraction of sp³-hybridized carbons (Fsp3) is 0.250. The number of ether oxygens (including phenoxy) is 4. The zero-order valence-electron chi connectivity index (χ0n) is 18.9. The van der Waals surface area contributed by atoms with Crippen LogP contribution in [0.3, 0.4) is 0 Å². The van der Waals surface area contributed by atoms with E-state index < -0.39 is 15.8 Å². The van der Waals surface area contributed by atoms with Crippen LogP contribution in [0.25, 0.3) is 0 Å². The molecule has 176 valence electrons. The monoisotopic (exact) mass is 475 g/mol. The van der Waals surface area contributed by atoms with Crippen LogP contribution in [0.15, 0.2) is 65.6 Å². The maximum Gasteiger partial charge on any atom is 0.243 e. The molecule has 7 nitrogen and oxygen atoms in total. The number of hydrogen-bond donors (Lipinski definition) is 0. The zero-order valence-corrected chi connectivity index (χ0v) is 19.7. The van der Waals surface area contributed by atoms with E-state index in [1.807, 2.05) is 0 Å². The summed E-state index contributed by atoms with van der Waals surface area (Å²) in [5.74, 6) is 1.61. The third kappa shape index (κ3) is 5.55. The van der Waals surface area contributed by atoms with Gasteiger partial charge in [0.2, 0.25) is 10.0 Å². The normalized spacial score (nSPS) is 11.3. The van der Waals surface area contributed by atoms with Crippen molar-refractivity contribution in [1.29, 1.82) is 0 Å². The summed E-state index contributed by atoms with van der Waals surface area (Å²) in [6, 6.07) is 15.1. The molecule has 0 aromatic heterocycles. The van der Waals surface area contributed by atoms with E-state index in [0.717, 1.165) is 12.1 Å². The highest BCUT2D eigenvalue weighted by molar-refractivity contribution is 7.89. The zero-order chi connectivity index (χ0) is 24.0. The van der Waals surface area contributed by atoms with Gasteiger partial charge >= 0.3 is 0 Å². The molecule has 3 aromatic carbocycles. The predicted molar refractivity (Wildman–Crippen MR) is 122 cm³/mol. The minimum absolute atomic E-state index is 0.00204. The van der Waals surface area contributed by atoms with Gasteiger partial charge in [-0.05, 0) is 36.4 Å². The van der Waals surface area contributed by atoms with Gasteiger partial charge in [-0.15, -0.1) is 0 Å². The molecule has 0 atom stereocenters. The van der Waals surface area contributed by atoms with Crippen molar-refractivity contribution in [3.8, 4) is 23.0 Å². The number of hydrogen-bond acceptors (Lipinski definition) is 6. The van der Waals surface area contributed by atoms with Crippen LogP contribution in [-0.4, -0.2) is 41.2 Å². The fourth-order valence-corrected chi connectivity index (χ4v) is 4.72. The van der Waals surface area contributed by atoms with Gasteiger partial charge in [-0.1, -0.05) is 12.1 Å². The molecule has 0 saturated carbocycles. The maximum absolute atomic E-state index is 13.6. The lowest BCUT2D eigenvalue weighted by Crippen LogP contribution is -2.30. The van der Waals surface area contributed by atoms with E-state index in [-0.39, 0.29) is 18.0 Å². The lowest BCUT2D eigenvalue weighted by Gasteiger charge is -2.24. The summed E-state index contributed by atoms with van der Waals surface area (Å²) >= 11 is 0. The van der Waals surface area contributed by atoms with E-state index in [1.54, 1.807) is 36.4 Å². The van der Waals surface area contributed by atoms with Crippen LogP contribution in [0.2, 0.25) is 0 Å². The van der Waals surface area contributed by atoms with Crippen LogP contribution in [0, 0.1) is 5.82 Å². The van der Waals surface area contributed by atoms with E-state index in [9.17, 15) is 12.8 Å². The van der Waals surface area contributed by atoms with Gasteiger partial charge < -0.3 is 18.9 Å². The molecule has 0 spiro atoms. The molecule has 0 heterocycles.